The summed E-state index contributed by atoms with van der Waals surface area (Å²) in [7, 11) is 0. The Hall–Kier alpha value is -3.66. The first kappa shape index (κ1) is 16.2. The maximum absolute atomic E-state index is 12.5. The van der Waals surface area contributed by atoms with Crippen molar-refractivity contribution in [2.24, 2.45) is 0 Å². The standard InChI is InChI=1S/C18H15N5O2/c1-2-25-15-8-6-13(7-9-15)18(24)22-17-14(11-19)12-21-23(17)16-5-3-4-10-20-16/h3-10,12H,2H2,1H3,(H,22,24). The number of rotatable bonds is 5. The molecule has 7 heteroatoms. The van der Waals surface area contributed by atoms with Crippen LogP contribution in [0.1, 0.15) is 22.8 Å². The highest BCUT2D eigenvalue weighted by molar-refractivity contribution is 6.04. The average molecular weight is 333 g/mol. The van der Waals surface area contributed by atoms with Crippen LogP contribution in [0.3, 0.4) is 0 Å². The molecule has 2 heterocycles. The van der Waals surface area contributed by atoms with Gasteiger partial charge >= 0.3 is 0 Å². The lowest BCUT2D eigenvalue weighted by Gasteiger charge is -2.09. The fraction of sp³-hybridized carbons (Fsp3) is 0.111. The van der Waals surface area contributed by atoms with E-state index in [4.69, 9.17) is 4.74 Å². The van der Waals surface area contributed by atoms with Gasteiger partial charge in [0.25, 0.3) is 5.91 Å². The maximum Gasteiger partial charge on any atom is 0.256 e. The first-order valence-electron chi connectivity index (χ1n) is 7.66. The Morgan fingerprint density at radius 1 is 1.28 bits per heavy atom. The second-order valence-corrected chi connectivity index (χ2v) is 5.03. The number of nitriles is 1. The van der Waals surface area contributed by atoms with E-state index in [9.17, 15) is 10.1 Å². The van der Waals surface area contributed by atoms with Gasteiger partial charge in [0, 0.05) is 11.8 Å². The van der Waals surface area contributed by atoms with E-state index in [0.717, 1.165) is 0 Å². The molecule has 0 bridgehead atoms. The van der Waals surface area contributed by atoms with Crippen LogP contribution < -0.4 is 10.1 Å². The van der Waals surface area contributed by atoms with Crippen LogP contribution in [-0.2, 0) is 0 Å². The van der Waals surface area contributed by atoms with Gasteiger partial charge in [-0.15, -0.1) is 0 Å². The van der Waals surface area contributed by atoms with Gasteiger partial charge in [-0.25, -0.2) is 4.98 Å². The molecule has 0 atom stereocenters. The van der Waals surface area contributed by atoms with E-state index in [0.29, 0.717) is 23.7 Å². The van der Waals surface area contributed by atoms with Crippen molar-refractivity contribution in [3.63, 3.8) is 0 Å². The number of pyridine rings is 1. The number of ether oxygens (including phenoxy) is 1. The van der Waals surface area contributed by atoms with Crippen molar-refractivity contribution >= 4 is 11.7 Å². The summed E-state index contributed by atoms with van der Waals surface area (Å²) in [6, 6.07) is 14.1. The molecule has 0 unspecified atom stereocenters. The molecule has 0 saturated carbocycles. The molecule has 3 aromatic rings. The van der Waals surface area contributed by atoms with Crippen molar-refractivity contribution in [3.8, 4) is 17.6 Å². The molecule has 1 N–H and O–H groups in total. The van der Waals surface area contributed by atoms with Gasteiger partial charge < -0.3 is 10.1 Å². The number of amides is 1. The molecule has 1 aromatic carbocycles. The lowest BCUT2D eigenvalue weighted by Crippen LogP contribution is -2.16. The fourth-order valence-corrected chi connectivity index (χ4v) is 2.25. The number of nitrogens with one attached hydrogen (secondary N) is 1. The zero-order valence-corrected chi connectivity index (χ0v) is 13.5. The van der Waals surface area contributed by atoms with Gasteiger partial charge in [-0.05, 0) is 43.3 Å². The van der Waals surface area contributed by atoms with Crippen LogP contribution in [0.2, 0.25) is 0 Å². The molecule has 2 aromatic heterocycles. The Morgan fingerprint density at radius 3 is 2.72 bits per heavy atom. The van der Waals surface area contributed by atoms with Crippen LogP contribution in [0.4, 0.5) is 5.82 Å². The Bertz CT molecular complexity index is 911. The third kappa shape index (κ3) is 3.48. The number of hydrogen-bond donors (Lipinski definition) is 1. The van der Waals surface area contributed by atoms with Crippen molar-refractivity contribution in [2.75, 3.05) is 11.9 Å². The highest BCUT2D eigenvalue weighted by atomic mass is 16.5. The van der Waals surface area contributed by atoms with Crippen molar-refractivity contribution < 1.29 is 9.53 Å². The topological polar surface area (TPSA) is 92.8 Å². The molecular weight excluding hydrogens is 318 g/mol. The predicted octanol–water partition coefficient (Wildman–Crippen LogP) is 2.79. The van der Waals surface area contributed by atoms with Gasteiger partial charge in [-0.1, -0.05) is 6.07 Å². The molecule has 1 amide bonds. The van der Waals surface area contributed by atoms with Crippen LogP contribution in [0.15, 0.2) is 54.9 Å². The Labute approximate surface area is 144 Å². The molecular formula is C18H15N5O2. The van der Waals surface area contributed by atoms with Crippen molar-refractivity contribution in [3.05, 3.63) is 66.0 Å². The summed E-state index contributed by atoms with van der Waals surface area (Å²) in [4.78, 5) is 16.7. The zero-order valence-electron chi connectivity index (χ0n) is 13.5. The SMILES string of the molecule is CCOc1ccc(C(=O)Nc2c(C#N)cnn2-c2ccccn2)cc1. The number of carbonyl (C=O) groups excluding carboxylic acids is 1. The lowest BCUT2D eigenvalue weighted by atomic mass is 10.2. The minimum absolute atomic E-state index is 0.255. The summed E-state index contributed by atoms with van der Waals surface area (Å²) in [5.41, 5.74) is 0.700. The highest BCUT2D eigenvalue weighted by Gasteiger charge is 2.16. The van der Waals surface area contributed by atoms with Crippen molar-refractivity contribution in [1.82, 2.24) is 14.8 Å². The summed E-state index contributed by atoms with van der Waals surface area (Å²) >= 11 is 0. The summed E-state index contributed by atoms with van der Waals surface area (Å²) in [6.45, 7) is 2.45. The van der Waals surface area contributed by atoms with Crippen LogP contribution in [0.25, 0.3) is 5.82 Å². The quantitative estimate of drug-likeness (QED) is 0.775. The van der Waals surface area contributed by atoms with E-state index in [2.05, 4.69) is 15.4 Å². The Morgan fingerprint density at radius 2 is 2.08 bits per heavy atom. The monoisotopic (exact) mass is 333 g/mol. The number of carbonyl (C=O) groups is 1. The molecule has 3 rings (SSSR count). The smallest absolute Gasteiger partial charge is 0.256 e. The summed E-state index contributed by atoms with van der Waals surface area (Å²) < 4.78 is 6.78. The summed E-state index contributed by atoms with van der Waals surface area (Å²) in [6.07, 6.45) is 3.00. The van der Waals surface area contributed by atoms with E-state index in [-0.39, 0.29) is 17.3 Å². The molecule has 0 fully saturated rings. The molecule has 0 spiro atoms. The molecule has 0 radical (unpaired) electrons. The van der Waals surface area contributed by atoms with E-state index < -0.39 is 0 Å². The number of hydrogen-bond acceptors (Lipinski definition) is 5. The summed E-state index contributed by atoms with van der Waals surface area (Å²) in [5, 5.41) is 16.1. The van der Waals surface area contributed by atoms with Gasteiger partial charge in [0.15, 0.2) is 11.6 Å². The van der Waals surface area contributed by atoms with Gasteiger partial charge in [0.05, 0.1) is 12.8 Å². The number of nitrogens with zero attached hydrogens (tertiary/aromatic N) is 4. The van der Waals surface area contributed by atoms with Crippen LogP contribution in [0.5, 0.6) is 5.75 Å². The average Bonchev–Trinajstić information content (AvgIpc) is 3.06. The van der Waals surface area contributed by atoms with Gasteiger partial charge in [0.2, 0.25) is 0 Å². The third-order valence-electron chi connectivity index (χ3n) is 3.42. The maximum atomic E-state index is 12.5. The van der Waals surface area contributed by atoms with Crippen LogP contribution in [-0.4, -0.2) is 27.3 Å². The van der Waals surface area contributed by atoms with Crippen molar-refractivity contribution in [2.45, 2.75) is 6.92 Å². The molecule has 0 aliphatic carbocycles. The minimum Gasteiger partial charge on any atom is -0.494 e. The lowest BCUT2D eigenvalue weighted by molar-refractivity contribution is 0.102. The normalized spacial score (nSPS) is 10.1. The number of anilines is 1. The number of aromatic nitrogens is 3. The Balaban J connectivity index is 1.88. The van der Waals surface area contributed by atoms with E-state index in [1.807, 2.05) is 13.0 Å². The van der Waals surface area contributed by atoms with Crippen LogP contribution in [0, 0.1) is 11.3 Å². The summed E-state index contributed by atoms with van der Waals surface area (Å²) in [5.74, 6) is 1.12. The van der Waals surface area contributed by atoms with Gasteiger partial charge in [-0.3, -0.25) is 4.79 Å². The molecule has 7 nitrogen and oxygen atoms in total. The Kier molecular flexibility index (Phi) is 4.72. The van der Waals surface area contributed by atoms with Crippen LogP contribution >= 0.6 is 0 Å². The number of benzene rings is 1. The third-order valence-corrected chi connectivity index (χ3v) is 3.42. The fourth-order valence-electron chi connectivity index (χ4n) is 2.25. The molecule has 0 saturated heterocycles. The van der Waals surface area contributed by atoms with E-state index in [1.54, 1.807) is 48.7 Å². The van der Waals surface area contributed by atoms with E-state index >= 15 is 0 Å². The van der Waals surface area contributed by atoms with Gasteiger partial charge in [-0.2, -0.15) is 15.0 Å². The van der Waals surface area contributed by atoms with Gasteiger partial charge in [0.1, 0.15) is 17.4 Å². The zero-order chi connectivity index (χ0) is 17.6. The van der Waals surface area contributed by atoms with Crippen molar-refractivity contribution in [1.29, 1.82) is 5.26 Å². The molecule has 25 heavy (non-hydrogen) atoms. The largest absolute Gasteiger partial charge is 0.494 e. The minimum atomic E-state index is -0.350. The second-order valence-electron chi connectivity index (χ2n) is 5.03. The second kappa shape index (κ2) is 7.27. The highest BCUT2D eigenvalue weighted by Crippen LogP contribution is 2.20. The first-order chi connectivity index (χ1) is 12.2. The molecule has 0 aliphatic heterocycles. The first-order valence-corrected chi connectivity index (χ1v) is 7.66. The predicted molar refractivity (Wildman–Crippen MR) is 91.6 cm³/mol. The van der Waals surface area contributed by atoms with E-state index in [1.165, 1.54) is 10.9 Å². The molecule has 0 aliphatic rings. The molecule has 124 valence electrons.